The third-order valence-corrected chi connectivity index (χ3v) is 5.21. The normalized spacial score (nSPS) is 10.8. The Balaban J connectivity index is 0.000000409. The Morgan fingerprint density at radius 2 is 1.50 bits per heavy atom. The molecule has 0 bridgehead atoms. The predicted molar refractivity (Wildman–Crippen MR) is 116 cm³/mol. The fraction of sp³-hybridized carbons (Fsp3) is 0.417. The van der Waals surface area contributed by atoms with Crippen LogP contribution in [0, 0.1) is 25.7 Å². The molecule has 0 spiro atoms. The Hall–Kier alpha value is -2.62. The fourth-order valence-electron chi connectivity index (χ4n) is 2.92. The van der Waals surface area contributed by atoms with Gasteiger partial charge in [-0.15, -0.1) is 0 Å². The van der Waals surface area contributed by atoms with Crippen molar-refractivity contribution in [2.75, 3.05) is 7.11 Å². The number of pyridine rings is 1. The molecule has 150 valence electrons. The summed E-state index contributed by atoms with van der Waals surface area (Å²) in [4.78, 5) is 4.11. The molecule has 28 heavy (non-hydrogen) atoms. The van der Waals surface area contributed by atoms with Gasteiger partial charge < -0.3 is 4.74 Å². The number of ether oxygens (including phenoxy) is 1. The van der Waals surface area contributed by atoms with Crippen molar-refractivity contribution in [3.63, 3.8) is 0 Å². The van der Waals surface area contributed by atoms with Crippen LogP contribution in [0.25, 0.3) is 17.1 Å². The number of rotatable bonds is 4. The van der Waals surface area contributed by atoms with E-state index in [2.05, 4.69) is 87.2 Å². The standard InChI is InChI=1S/C18H20N3O.C6H14/c1-13-11-16(22-4)12-14(2)17(13)21-10-9-20(3)18(21)15-5-7-19-8-6-15;1-5(2)6(3)4/h5-12H,1-4H3;5-6H,1-4H3/q+1;. The molecule has 0 aliphatic carbocycles. The van der Waals surface area contributed by atoms with Crippen molar-refractivity contribution < 1.29 is 9.30 Å². The summed E-state index contributed by atoms with van der Waals surface area (Å²) >= 11 is 0. The zero-order chi connectivity index (χ0) is 20.8. The van der Waals surface area contributed by atoms with Gasteiger partial charge in [-0.2, -0.15) is 4.57 Å². The van der Waals surface area contributed by atoms with Gasteiger partial charge in [-0.3, -0.25) is 4.98 Å². The van der Waals surface area contributed by atoms with Gasteiger partial charge in [-0.05, 0) is 49.9 Å². The second kappa shape index (κ2) is 9.54. The molecule has 0 amide bonds. The second-order valence-corrected chi connectivity index (χ2v) is 7.94. The van der Waals surface area contributed by atoms with Crippen molar-refractivity contribution >= 4 is 0 Å². The van der Waals surface area contributed by atoms with Crippen LogP contribution in [-0.4, -0.2) is 16.7 Å². The van der Waals surface area contributed by atoms with E-state index in [0.717, 1.165) is 29.0 Å². The predicted octanol–water partition coefficient (Wildman–Crippen LogP) is 5.29. The minimum absolute atomic E-state index is 0.852. The van der Waals surface area contributed by atoms with Crippen LogP contribution in [0.2, 0.25) is 0 Å². The van der Waals surface area contributed by atoms with Crippen LogP contribution in [0.1, 0.15) is 38.8 Å². The number of methoxy groups -OCH3 is 1. The Labute approximate surface area is 169 Å². The maximum Gasteiger partial charge on any atom is 0.293 e. The van der Waals surface area contributed by atoms with E-state index in [1.165, 1.54) is 16.8 Å². The van der Waals surface area contributed by atoms with Crippen LogP contribution in [0.3, 0.4) is 0 Å². The van der Waals surface area contributed by atoms with Crippen LogP contribution in [0.5, 0.6) is 5.75 Å². The molecule has 0 unspecified atom stereocenters. The highest BCUT2D eigenvalue weighted by molar-refractivity contribution is 5.59. The van der Waals surface area contributed by atoms with Gasteiger partial charge in [0.05, 0.1) is 19.7 Å². The lowest BCUT2D eigenvalue weighted by atomic mass is 10.0. The van der Waals surface area contributed by atoms with E-state index in [-0.39, 0.29) is 0 Å². The summed E-state index contributed by atoms with van der Waals surface area (Å²) < 4.78 is 9.71. The minimum atomic E-state index is 0.852. The van der Waals surface area contributed by atoms with Crippen LogP contribution < -0.4 is 9.30 Å². The number of nitrogens with zero attached hydrogens (tertiary/aromatic N) is 3. The van der Waals surface area contributed by atoms with Gasteiger partial charge in [0, 0.05) is 23.5 Å². The molecule has 4 nitrogen and oxygen atoms in total. The van der Waals surface area contributed by atoms with Crippen molar-refractivity contribution in [3.8, 4) is 22.8 Å². The smallest absolute Gasteiger partial charge is 0.293 e. The zero-order valence-corrected chi connectivity index (χ0v) is 18.5. The third-order valence-electron chi connectivity index (χ3n) is 5.21. The Bertz CT molecular complexity index is 866. The summed E-state index contributed by atoms with van der Waals surface area (Å²) in [6.45, 7) is 13.2. The van der Waals surface area contributed by atoms with Gasteiger partial charge in [0.15, 0.2) is 0 Å². The van der Waals surface area contributed by atoms with Gasteiger partial charge in [0.1, 0.15) is 23.8 Å². The molecule has 0 aliphatic rings. The van der Waals surface area contributed by atoms with E-state index in [1.54, 1.807) is 7.11 Å². The van der Waals surface area contributed by atoms with Crippen LogP contribution in [-0.2, 0) is 7.05 Å². The first-order valence-electron chi connectivity index (χ1n) is 9.89. The summed E-state index contributed by atoms with van der Waals surface area (Å²) in [5, 5.41) is 0. The van der Waals surface area contributed by atoms with Gasteiger partial charge in [-0.25, -0.2) is 4.57 Å². The number of benzene rings is 1. The molecule has 0 N–H and O–H groups in total. The number of aryl methyl sites for hydroxylation is 3. The Kier molecular flexibility index (Phi) is 7.38. The molecule has 4 heteroatoms. The number of imidazole rings is 1. The van der Waals surface area contributed by atoms with E-state index in [4.69, 9.17) is 4.74 Å². The second-order valence-electron chi connectivity index (χ2n) is 7.94. The molecule has 2 aromatic heterocycles. The molecule has 0 atom stereocenters. The summed E-state index contributed by atoms with van der Waals surface area (Å²) in [7, 11) is 3.76. The maximum absolute atomic E-state index is 5.36. The summed E-state index contributed by atoms with van der Waals surface area (Å²) in [5.41, 5.74) is 4.69. The molecular formula is C24H34N3O+. The molecule has 0 fully saturated rings. The topological polar surface area (TPSA) is 30.9 Å². The molecule has 0 saturated heterocycles. The van der Waals surface area contributed by atoms with Crippen molar-refractivity contribution in [1.82, 2.24) is 9.55 Å². The van der Waals surface area contributed by atoms with E-state index < -0.39 is 0 Å². The van der Waals surface area contributed by atoms with E-state index >= 15 is 0 Å². The largest absolute Gasteiger partial charge is 0.497 e. The number of hydrogen-bond acceptors (Lipinski definition) is 2. The highest BCUT2D eigenvalue weighted by Gasteiger charge is 2.22. The minimum Gasteiger partial charge on any atom is -0.497 e. The third kappa shape index (κ3) is 5.00. The first-order valence-corrected chi connectivity index (χ1v) is 9.89. The summed E-state index contributed by atoms with van der Waals surface area (Å²) in [5.74, 6) is 3.72. The summed E-state index contributed by atoms with van der Waals surface area (Å²) in [6.07, 6.45) is 7.80. The molecule has 3 rings (SSSR count). The van der Waals surface area contributed by atoms with Crippen LogP contribution >= 0.6 is 0 Å². The first kappa shape index (κ1) is 21.7. The highest BCUT2D eigenvalue weighted by atomic mass is 16.5. The van der Waals surface area contributed by atoms with E-state index in [9.17, 15) is 0 Å². The lowest BCUT2D eigenvalue weighted by Crippen LogP contribution is -2.29. The Morgan fingerprint density at radius 1 is 0.964 bits per heavy atom. The molecular weight excluding hydrogens is 346 g/mol. The highest BCUT2D eigenvalue weighted by Crippen LogP contribution is 2.28. The SMILES string of the molecule is CC(C)C(C)C.COc1cc(C)c(-n2cc[n+](C)c2-c2ccncc2)c(C)c1. The molecule has 3 aromatic rings. The molecule has 1 aromatic carbocycles. The maximum atomic E-state index is 5.36. The van der Waals surface area contributed by atoms with Crippen LogP contribution in [0.4, 0.5) is 0 Å². The lowest BCUT2D eigenvalue weighted by Gasteiger charge is -2.11. The van der Waals surface area contributed by atoms with Gasteiger partial charge in [0.2, 0.25) is 0 Å². The van der Waals surface area contributed by atoms with Gasteiger partial charge in [-0.1, -0.05) is 27.7 Å². The quantitative estimate of drug-likeness (QED) is 0.576. The van der Waals surface area contributed by atoms with Gasteiger partial charge >= 0.3 is 0 Å². The van der Waals surface area contributed by atoms with E-state index in [1.807, 2.05) is 24.5 Å². The lowest BCUT2D eigenvalue weighted by molar-refractivity contribution is -0.659. The van der Waals surface area contributed by atoms with Crippen LogP contribution in [0.15, 0.2) is 49.1 Å². The Morgan fingerprint density at radius 3 is 1.96 bits per heavy atom. The molecule has 0 radical (unpaired) electrons. The van der Waals surface area contributed by atoms with Crippen molar-refractivity contribution in [1.29, 1.82) is 0 Å². The monoisotopic (exact) mass is 380 g/mol. The van der Waals surface area contributed by atoms with Gasteiger partial charge in [0.25, 0.3) is 5.82 Å². The average molecular weight is 381 g/mol. The molecule has 0 saturated carbocycles. The van der Waals surface area contributed by atoms with Crippen molar-refractivity contribution in [3.05, 3.63) is 60.2 Å². The first-order chi connectivity index (χ1) is 13.3. The average Bonchev–Trinajstić information content (AvgIpc) is 3.03. The number of hydrogen-bond donors (Lipinski definition) is 0. The van der Waals surface area contributed by atoms with Crippen molar-refractivity contribution in [2.24, 2.45) is 18.9 Å². The molecule has 2 heterocycles. The van der Waals surface area contributed by atoms with E-state index in [0.29, 0.717) is 0 Å². The fourth-order valence-corrected chi connectivity index (χ4v) is 2.92. The zero-order valence-electron chi connectivity index (χ0n) is 18.5. The molecule has 0 aliphatic heterocycles. The number of aromatic nitrogens is 3. The summed E-state index contributed by atoms with van der Waals surface area (Å²) in [6, 6.07) is 8.19. The van der Waals surface area contributed by atoms with Crippen molar-refractivity contribution in [2.45, 2.75) is 41.5 Å².